The van der Waals surface area contributed by atoms with Crippen LogP contribution < -0.4 is 11.1 Å². The molecule has 1 rings (SSSR count). The third kappa shape index (κ3) is 6.41. The zero-order chi connectivity index (χ0) is 15.2. The maximum atomic E-state index is 11.8. The number of amides is 1. The van der Waals surface area contributed by atoms with E-state index in [1.54, 1.807) is 18.9 Å². The molecule has 0 radical (unpaired) electrons. The second kappa shape index (κ2) is 7.67. The lowest BCUT2D eigenvalue weighted by Gasteiger charge is -2.17. The SMILES string of the molecule is COC(CN)CC(=O)Nc1ccc(SC(C)(C)C)cc1. The number of rotatable bonds is 6. The molecule has 0 spiro atoms. The molecule has 1 aromatic carbocycles. The molecule has 1 amide bonds. The van der Waals surface area contributed by atoms with E-state index < -0.39 is 0 Å². The maximum Gasteiger partial charge on any atom is 0.227 e. The predicted octanol–water partition coefficient (Wildman–Crippen LogP) is 2.88. The van der Waals surface area contributed by atoms with Gasteiger partial charge in [-0.3, -0.25) is 4.79 Å². The lowest BCUT2D eigenvalue weighted by atomic mass is 10.2. The van der Waals surface area contributed by atoms with Crippen LogP contribution in [-0.4, -0.2) is 30.4 Å². The van der Waals surface area contributed by atoms with Gasteiger partial charge in [-0.05, 0) is 24.3 Å². The number of ether oxygens (including phenoxy) is 1. The standard InChI is InChI=1S/C15H24N2O2S/c1-15(2,3)20-13-7-5-11(6-8-13)17-14(18)9-12(10-16)19-4/h5-8,12H,9-10,16H2,1-4H3,(H,17,18). The second-order valence-electron chi connectivity index (χ2n) is 5.58. The highest BCUT2D eigenvalue weighted by atomic mass is 32.2. The van der Waals surface area contributed by atoms with Crippen LogP contribution in [0.4, 0.5) is 5.69 Å². The van der Waals surface area contributed by atoms with Crippen LogP contribution in [0, 0.1) is 0 Å². The minimum Gasteiger partial charge on any atom is -0.380 e. The van der Waals surface area contributed by atoms with Gasteiger partial charge in [0.05, 0.1) is 12.5 Å². The molecule has 0 saturated heterocycles. The highest BCUT2D eigenvalue weighted by molar-refractivity contribution is 8.00. The van der Waals surface area contributed by atoms with Gasteiger partial charge in [0.15, 0.2) is 0 Å². The first-order valence-corrected chi connectivity index (χ1v) is 7.47. The molecule has 0 bridgehead atoms. The summed E-state index contributed by atoms with van der Waals surface area (Å²) < 4.78 is 5.27. The van der Waals surface area contributed by atoms with E-state index in [0.29, 0.717) is 6.54 Å². The average Bonchev–Trinajstić information content (AvgIpc) is 2.36. The van der Waals surface area contributed by atoms with Crippen LogP contribution in [0.1, 0.15) is 27.2 Å². The van der Waals surface area contributed by atoms with Crippen molar-refractivity contribution in [3.63, 3.8) is 0 Å². The number of hydrogen-bond acceptors (Lipinski definition) is 4. The van der Waals surface area contributed by atoms with Crippen molar-refractivity contribution in [3.8, 4) is 0 Å². The quantitative estimate of drug-likeness (QED) is 0.792. The van der Waals surface area contributed by atoms with Crippen LogP contribution in [0.5, 0.6) is 0 Å². The summed E-state index contributed by atoms with van der Waals surface area (Å²) in [5.41, 5.74) is 6.29. The fraction of sp³-hybridized carbons (Fsp3) is 0.533. The van der Waals surface area contributed by atoms with Gasteiger partial charge in [0.25, 0.3) is 0 Å². The highest BCUT2D eigenvalue weighted by Crippen LogP contribution is 2.32. The highest BCUT2D eigenvalue weighted by Gasteiger charge is 2.13. The van der Waals surface area contributed by atoms with Crippen molar-refractivity contribution in [3.05, 3.63) is 24.3 Å². The van der Waals surface area contributed by atoms with Crippen LogP contribution in [0.25, 0.3) is 0 Å². The van der Waals surface area contributed by atoms with E-state index in [1.807, 2.05) is 24.3 Å². The van der Waals surface area contributed by atoms with Crippen molar-refractivity contribution < 1.29 is 9.53 Å². The number of benzene rings is 1. The second-order valence-corrected chi connectivity index (χ2v) is 7.48. The van der Waals surface area contributed by atoms with Gasteiger partial charge >= 0.3 is 0 Å². The van der Waals surface area contributed by atoms with Gasteiger partial charge in [-0.25, -0.2) is 0 Å². The average molecular weight is 296 g/mol. The Kier molecular flexibility index (Phi) is 6.52. The molecular weight excluding hydrogens is 272 g/mol. The Balaban J connectivity index is 2.55. The van der Waals surface area contributed by atoms with E-state index in [1.165, 1.54) is 4.90 Å². The van der Waals surface area contributed by atoms with E-state index in [-0.39, 0.29) is 23.2 Å². The van der Waals surface area contributed by atoms with E-state index in [9.17, 15) is 4.79 Å². The summed E-state index contributed by atoms with van der Waals surface area (Å²) in [6.45, 7) is 6.85. The number of nitrogens with two attached hydrogens (primary N) is 1. The lowest BCUT2D eigenvalue weighted by Crippen LogP contribution is -2.28. The first-order valence-electron chi connectivity index (χ1n) is 6.66. The van der Waals surface area contributed by atoms with Crippen molar-refractivity contribution in [2.45, 2.75) is 42.9 Å². The molecule has 5 heteroatoms. The first-order chi connectivity index (χ1) is 9.34. The molecule has 4 nitrogen and oxygen atoms in total. The Morgan fingerprint density at radius 3 is 2.40 bits per heavy atom. The Morgan fingerprint density at radius 1 is 1.35 bits per heavy atom. The smallest absolute Gasteiger partial charge is 0.227 e. The van der Waals surface area contributed by atoms with Gasteiger partial charge in [-0.2, -0.15) is 0 Å². The fourth-order valence-electron chi connectivity index (χ4n) is 1.64. The Bertz CT molecular complexity index is 422. The summed E-state index contributed by atoms with van der Waals surface area (Å²) >= 11 is 1.80. The number of carbonyl (C=O) groups is 1. The van der Waals surface area contributed by atoms with E-state index in [4.69, 9.17) is 10.5 Å². The number of carbonyl (C=O) groups excluding carboxylic acids is 1. The summed E-state index contributed by atoms with van der Waals surface area (Å²) in [4.78, 5) is 13.0. The van der Waals surface area contributed by atoms with Gasteiger partial charge in [-0.15, -0.1) is 11.8 Å². The summed E-state index contributed by atoms with van der Waals surface area (Å²) in [7, 11) is 1.56. The fourth-order valence-corrected chi connectivity index (χ4v) is 2.62. The zero-order valence-corrected chi connectivity index (χ0v) is 13.4. The largest absolute Gasteiger partial charge is 0.380 e. The van der Waals surface area contributed by atoms with Crippen molar-refractivity contribution in [1.82, 2.24) is 0 Å². The lowest BCUT2D eigenvalue weighted by molar-refractivity contribution is -0.118. The van der Waals surface area contributed by atoms with Gasteiger partial charge in [0.2, 0.25) is 5.91 Å². The van der Waals surface area contributed by atoms with Crippen molar-refractivity contribution in [2.24, 2.45) is 5.73 Å². The normalized spacial score (nSPS) is 13.1. The molecule has 3 N–H and O–H groups in total. The van der Waals surface area contributed by atoms with E-state index in [0.717, 1.165) is 5.69 Å². The number of anilines is 1. The number of methoxy groups -OCH3 is 1. The van der Waals surface area contributed by atoms with Crippen molar-refractivity contribution in [1.29, 1.82) is 0 Å². The Hall–Kier alpha value is -1.04. The number of hydrogen-bond donors (Lipinski definition) is 2. The van der Waals surface area contributed by atoms with Gasteiger partial charge in [-0.1, -0.05) is 20.8 Å². The monoisotopic (exact) mass is 296 g/mol. The molecule has 112 valence electrons. The molecule has 1 aromatic rings. The molecule has 0 heterocycles. The van der Waals surface area contributed by atoms with Gasteiger partial charge in [0, 0.05) is 29.0 Å². The molecular formula is C15H24N2O2S. The maximum absolute atomic E-state index is 11.8. The minimum atomic E-state index is -0.231. The third-order valence-electron chi connectivity index (χ3n) is 2.57. The summed E-state index contributed by atoms with van der Waals surface area (Å²) in [6, 6.07) is 7.86. The zero-order valence-electron chi connectivity index (χ0n) is 12.6. The molecule has 0 aliphatic carbocycles. The van der Waals surface area contributed by atoms with E-state index >= 15 is 0 Å². The molecule has 1 unspecified atom stereocenters. The summed E-state index contributed by atoms with van der Waals surface area (Å²) in [5.74, 6) is -0.0847. The Morgan fingerprint density at radius 2 is 1.95 bits per heavy atom. The van der Waals surface area contributed by atoms with E-state index in [2.05, 4.69) is 26.1 Å². The van der Waals surface area contributed by atoms with Crippen LogP contribution in [-0.2, 0) is 9.53 Å². The molecule has 0 saturated carbocycles. The molecule has 0 aliphatic rings. The van der Waals surface area contributed by atoms with Gasteiger partial charge in [0.1, 0.15) is 0 Å². The summed E-state index contributed by atoms with van der Waals surface area (Å²) in [5, 5.41) is 2.85. The molecule has 20 heavy (non-hydrogen) atoms. The summed E-state index contributed by atoms with van der Waals surface area (Å²) in [6.07, 6.45) is 0.0385. The van der Waals surface area contributed by atoms with Crippen LogP contribution in [0.3, 0.4) is 0 Å². The Labute approximate surface area is 125 Å². The topological polar surface area (TPSA) is 64.3 Å². The minimum absolute atomic E-state index is 0.0847. The number of nitrogens with one attached hydrogen (secondary N) is 1. The first kappa shape index (κ1) is 17.0. The van der Waals surface area contributed by atoms with Gasteiger partial charge < -0.3 is 15.8 Å². The van der Waals surface area contributed by atoms with Crippen LogP contribution in [0.2, 0.25) is 0 Å². The third-order valence-corrected chi connectivity index (χ3v) is 3.69. The molecule has 1 atom stereocenters. The molecule has 0 aliphatic heterocycles. The predicted molar refractivity (Wildman–Crippen MR) is 85.2 cm³/mol. The molecule has 0 fully saturated rings. The van der Waals surface area contributed by atoms with Crippen LogP contribution in [0.15, 0.2) is 29.2 Å². The van der Waals surface area contributed by atoms with Crippen molar-refractivity contribution in [2.75, 3.05) is 19.0 Å². The number of thioether (sulfide) groups is 1. The van der Waals surface area contributed by atoms with Crippen molar-refractivity contribution >= 4 is 23.4 Å². The molecule has 0 aromatic heterocycles. The van der Waals surface area contributed by atoms with Crippen LogP contribution >= 0.6 is 11.8 Å².